The van der Waals surface area contributed by atoms with Crippen molar-refractivity contribution in [1.29, 1.82) is 0 Å². The topological polar surface area (TPSA) is 78.8 Å². The summed E-state index contributed by atoms with van der Waals surface area (Å²) in [4.78, 5) is 12.2. The van der Waals surface area contributed by atoms with Crippen molar-refractivity contribution in [2.75, 3.05) is 10.8 Å². The predicted molar refractivity (Wildman–Crippen MR) is 115 cm³/mol. The Balaban J connectivity index is 1.82. The number of hydrogen-bond acceptors (Lipinski definition) is 4. The van der Waals surface area contributed by atoms with E-state index in [0.29, 0.717) is 4.31 Å². The normalized spacial score (nSPS) is 12.0. The standard InChI is InChI=1S/C22H17F4N3O3S/c23-19-11-4-5-12-20(19)29(33(31,32)18-9-2-1-3-10-18)15-21(30)28-27-14-16-7-6-8-17(13-16)22(24,25)26/h1-14H,15H2,(H,28,30)/b27-14-. The molecule has 172 valence electrons. The minimum Gasteiger partial charge on any atom is -0.271 e. The first-order chi connectivity index (χ1) is 15.6. The lowest BCUT2D eigenvalue weighted by molar-refractivity contribution is -0.137. The van der Waals surface area contributed by atoms with Crippen molar-refractivity contribution in [2.45, 2.75) is 11.1 Å². The number of amides is 1. The van der Waals surface area contributed by atoms with E-state index in [2.05, 4.69) is 10.5 Å². The molecule has 0 radical (unpaired) electrons. The van der Waals surface area contributed by atoms with Crippen LogP contribution in [-0.2, 0) is 21.0 Å². The SMILES string of the molecule is O=C(CN(c1ccccc1F)S(=O)(=O)c1ccccc1)N/N=C\c1cccc(C(F)(F)F)c1. The molecule has 0 aliphatic heterocycles. The average molecular weight is 479 g/mol. The van der Waals surface area contributed by atoms with Crippen molar-refractivity contribution < 1.29 is 30.8 Å². The van der Waals surface area contributed by atoms with E-state index >= 15 is 0 Å². The van der Waals surface area contributed by atoms with Gasteiger partial charge in [0.25, 0.3) is 15.9 Å². The second-order valence-corrected chi connectivity index (χ2v) is 8.55. The third-order valence-corrected chi connectivity index (χ3v) is 6.13. The molecule has 0 fully saturated rings. The molecular weight excluding hydrogens is 462 g/mol. The number of alkyl halides is 3. The lowest BCUT2D eigenvalue weighted by atomic mass is 10.1. The molecule has 0 heterocycles. The highest BCUT2D eigenvalue weighted by atomic mass is 32.2. The zero-order chi connectivity index (χ0) is 24.1. The fourth-order valence-corrected chi connectivity index (χ4v) is 4.26. The van der Waals surface area contributed by atoms with E-state index in [1.54, 1.807) is 6.07 Å². The number of carbonyl (C=O) groups is 1. The number of hydrazone groups is 1. The van der Waals surface area contributed by atoms with Gasteiger partial charge < -0.3 is 0 Å². The first kappa shape index (κ1) is 23.9. The molecule has 0 spiro atoms. The molecule has 33 heavy (non-hydrogen) atoms. The van der Waals surface area contributed by atoms with Gasteiger partial charge in [0.2, 0.25) is 0 Å². The van der Waals surface area contributed by atoms with E-state index in [4.69, 9.17) is 0 Å². The molecule has 0 saturated carbocycles. The van der Waals surface area contributed by atoms with Crippen LogP contribution in [0.15, 0.2) is 88.9 Å². The lowest BCUT2D eigenvalue weighted by Gasteiger charge is -2.24. The van der Waals surface area contributed by atoms with Gasteiger partial charge in [0.15, 0.2) is 0 Å². The van der Waals surface area contributed by atoms with Crippen molar-refractivity contribution >= 4 is 27.8 Å². The van der Waals surface area contributed by atoms with Crippen LogP contribution in [-0.4, -0.2) is 27.1 Å². The summed E-state index contributed by atoms with van der Waals surface area (Å²) in [5, 5.41) is 3.58. The smallest absolute Gasteiger partial charge is 0.271 e. The van der Waals surface area contributed by atoms with Crippen LogP contribution in [0.3, 0.4) is 0 Å². The molecule has 11 heteroatoms. The summed E-state index contributed by atoms with van der Waals surface area (Å²) in [5.74, 6) is -1.79. The summed E-state index contributed by atoms with van der Waals surface area (Å²) in [5.41, 5.74) is 0.876. The fourth-order valence-electron chi connectivity index (χ4n) is 2.81. The molecule has 6 nitrogen and oxygen atoms in total. The molecule has 0 atom stereocenters. The van der Waals surface area contributed by atoms with E-state index in [0.717, 1.165) is 24.4 Å². The Kier molecular flexibility index (Phi) is 7.12. The van der Waals surface area contributed by atoms with Crippen LogP contribution in [0.2, 0.25) is 0 Å². The Morgan fingerprint density at radius 3 is 2.30 bits per heavy atom. The molecular formula is C22H17F4N3O3S. The second-order valence-electron chi connectivity index (χ2n) is 6.69. The van der Waals surface area contributed by atoms with Crippen molar-refractivity contribution in [3.05, 3.63) is 95.8 Å². The van der Waals surface area contributed by atoms with E-state index in [9.17, 15) is 30.8 Å². The zero-order valence-corrected chi connectivity index (χ0v) is 17.6. The van der Waals surface area contributed by atoms with Gasteiger partial charge in [-0.25, -0.2) is 18.2 Å². The number of rotatable bonds is 7. The van der Waals surface area contributed by atoms with Gasteiger partial charge in [-0.1, -0.05) is 42.5 Å². The number of benzene rings is 3. The molecule has 3 aromatic carbocycles. The number of anilines is 1. The highest BCUT2D eigenvalue weighted by Crippen LogP contribution is 2.29. The third kappa shape index (κ3) is 5.95. The van der Waals surface area contributed by atoms with Crippen molar-refractivity contribution in [3.63, 3.8) is 0 Å². The minimum atomic E-state index is -4.54. The quantitative estimate of drug-likeness (QED) is 0.314. The number of hydrogen-bond donors (Lipinski definition) is 1. The minimum absolute atomic E-state index is 0.0630. The zero-order valence-electron chi connectivity index (χ0n) is 16.8. The van der Waals surface area contributed by atoms with Crippen LogP contribution in [0.4, 0.5) is 23.2 Å². The maximum atomic E-state index is 14.4. The Morgan fingerprint density at radius 1 is 0.970 bits per heavy atom. The number of nitrogens with one attached hydrogen (secondary N) is 1. The molecule has 0 aromatic heterocycles. The molecule has 3 aromatic rings. The van der Waals surface area contributed by atoms with E-state index in [-0.39, 0.29) is 16.1 Å². The summed E-state index contributed by atoms with van der Waals surface area (Å²) in [6, 6.07) is 16.4. The molecule has 0 aliphatic rings. The van der Waals surface area contributed by atoms with Gasteiger partial charge in [-0.05, 0) is 42.0 Å². The van der Waals surface area contributed by atoms with Crippen molar-refractivity contribution in [2.24, 2.45) is 5.10 Å². The molecule has 3 rings (SSSR count). The number of para-hydroxylation sites is 1. The summed E-state index contributed by atoms with van der Waals surface area (Å²) in [7, 11) is -4.32. The summed E-state index contributed by atoms with van der Waals surface area (Å²) in [6.07, 6.45) is -3.56. The monoisotopic (exact) mass is 479 g/mol. The average Bonchev–Trinajstić information content (AvgIpc) is 2.78. The second kappa shape index (κ2) is 9.82. The van der Waals surface area contributed by atoms with Gasteiger partial charge >= 0.3 is 6.18 Å². The summed E-state index contributed by atoms with van der Waals surface area (Å²) in [6.45, 7) is -0.821. The summed E-state index contributed by atoms with van der Waals surface area (Å²) < 4.78 is 79.5. The van der Waals surface area contributed by atoms with E-state index < -0.39 is 40.0 Å². The van der Waals surface area contributed by atoms with Crippen LogP contribution in [0.5, 0.6) is 0 Å². The lowest BCUT2D eigenvalue weighted by Crippen LogP contribution is -2.40. The van der Waals surface area contributed by atoms with Gasteiger partial charge in [-0.15, -0.1) is 0 Å². The Labute approximate surface area is 187 Å². The van der Waals surface area contributed by atoms with Crippen LogP contribution in [0, 0.1) is 5.82 Å². The largest absolute Gasteiger partial charge is 0.416 e. The van der Waals surface area contributed by atoms with Crippen molar-refractivity contribution in [3.8, 4) is 0 Å². The van der Waals surface area contributed by atoms with Gasteiger partial charge in [0, 0.05) is 0 Å². The number of carbonyl (C=O) groups excluding carboxylic acids is 1. The first-order valence-electron chi connectivity index (χ1n) is 9.40. The van der Waals surface area contributed by atoms with E-state index in [1.165, 1.54) is 54.6 Å². The van der Waals surface area contributed by atoms with Crippen LogP contribution in [0.25, 0.3) is 0 Å². The fraction of sp³-hybridized carbons (Fsp3) is 0.0909. The third-order valence-electron chi connectivity index (χ3n) is 4.36. The van der Waals surface area contributed by atoms with Gasteiger partial charge in [-0.3, -0.25) is 9.10 Å². The Bertz CT molecular complexity index is 1260. The molecule has 0 unspecified atom stereocenters. The Hall–Kier alpha value is -3.73. The predicted octanol–water partition coefficient (Wildman–Crippen LogP) is 4.19. The van der Waals surface area contributed by atoms with Gasteiger partial charge in [0.1, 0.15) is 12.4 Å². The number of nitrogens with zero attached hydrogens (tertiary/aromatic N) is 2. The highest BCUT2D eigenvalue weighted by Gasteiger charge is 2.30. The van der Waals surface area contributed by atoms with Crippen LogP contribution in [0.1, 0.15) is 11.1 Å². The molecule has 0 aliphatic carbocycles. The molecule has 0 saturated heterocycles. The van der Waals surface area contributed by atoms with Gasteiger partial charge in [0.05, 0.1) is 22.4 Å². The van der Waals surface area contributed by atoms with Crippen LogP contribution < -0.4 is 9.73 Å². The first-order valence-corrected chi connectivity index (χ1v) is 10.8. The summed E-state index contributed by atoms with van der Waals surface area (Å²) >= 11 is 0. The molecule has 0 bridgehead atoms. The van der Waals surface area contributed by atoms with E-state index in [1.807, 2.05) is 0 Å². The highest BCUT2D eigenvalue weighted by molar-refractivity contribution is 7.92. The maximum absolute atomic E-state index is 14.4. The van der Waals surface area contributed by atoms with Gasteiger partial charge in [-0.2, -0.15) is 18.3 Å². The molecule has 1 N–H and O–H groups in total. The molecule has 1 amide bonds. The number of sulfonamides is 1. The maximum Gasteiger partial charge on any atom is 0.416 e. The van der Waals surface area contributed by atoms with Crippen LogP contribution >= 0.6 is 0 Å². The number of halogens is 4. The van der Waals surface area contributed by atoms with Crippen molar-refractivity contribution in [1.82, 2.24) is 5.43 Å². The Morgan fingerprint density at radius 2 is 1.64 bits per heavy atom.